The van der Waals surface area contributed by atoms with Crippen LogP contribution in [0.2, 0.25) is 0 Å². The first kappa shape index (κ1) is 17.0. The Balaban J connectivity index is 1.69. The fraction of sp³-hybridized carbons (Fsp3) is 0.0909. The molecule has 1 amide bonds. The quantitative estimate of drug-likeness (QED) is 0.565. The van der Waals surface area contributed by atoms with Crippen LogP contribution in [0.5, 0.6) is 0 Å². The molecule has 0 unspecified atom stereocenters. The molecule has 4 nitrogen and oxygen atoms in total. The zero-order valence-electron chi connectivity index (χ0n) is 14.5. The molecule has 0 bridgehead atoms. The molecule has 27 heavy (non-hydrogen) atoms. The fourth-order valence-electron chi connectivity index (χ4n) is 3.29. The standard InChI is InChI=1S/C22H17FN2O2/c23-16-7-5-6-15(12-16)13-24-21(26)14-25-19-10-3-1-8-17(19)22(27)18-9-2-4-11-20(18)25/h1-12H,13-14H2,(H,24,26). The number of carbonyl (C=O) groups is 1. The molecule has 0 aliphatic carbocycles. The van der Waals surface area contributed by atoms with Crippen LogP contribution in [0, 0.1) is 5.82 Å². The van der Waals surface area contributed by atoms with Crippen LogP contribution in [0.15, 0.2) is 77.6 Å². The summed E-state index contributed by atoms with van der Waals surface area (Å²) < 4.78 is 15.1. The van der Waals surface area contributed by atoms with E-state index in [9.17, 15) is 14.0 Å². The van der Waals surface area contributed by atoms with Crippen molar-refractivity contribution in [3.8, 4) is 0 Å². The Kier molecular flexibility index (Phi) is 4.42. The molecule has 1 heterocycles. The smallest absolute Gasteiger partial charge is 0.240 e. The van der Waals surface area contributed by atoms with Gasteiger partial charge in [0.2, 0.25) is 5.91 Å². The molecule has 0 aliphatic rings. The highest BCUT2D eigenvalue weighted by Crippen LogP contribution is 2.19. The predicted molar refractivity (Wildman–Crippen MR) is 104 cm³/mol. The van der Waals surface area contributed by atoms with Crippen LogP contribution in [0.3, 0.4) is 0 Å². The number of amides is 1. The summed E-state index contributed by atoms with van der Waals surface area (Å²) in [5, 5.41) is 3.97. The van der Waals surface area contributed by atoms with Crippen molar-refractivity contribution in [2.24, 2.45) is 0 Å². The Morgan fingerprint density at radius 1 is 0.889 bits per heavy atom. The average molecular weight is 360 g/mol. The second kappa shape index (κ2) is 7.03. The van der Waals surface area contributed by atoms with Crippen molar-refractivity contribution in [2.75, 3.05) is 0 Å². The second-order valence-corrected chi connectivity index (χ2v) is 6.36. The highest BCUT2D eigenvalue weighted by Gasteiger charge is 2.12. The van der Waals surface area contributed by atoms with E-state index in [0.29, 0.717) is 27.4 Å². The van der Waals surface area contributed by atoms with E-state index in [-0.39, 0.29) is 30.2 Å². The maximum absolute atomic E-state index is 13.3. The van der Waals surface area contributed by atoms with Gasteiger partial charge < -0.3 is 9.88 Å². The first-order chi connectivity index (χ1) is 13.1. The molecule has 4 rings (SSSR count). The third kappa shape index (κ3) is 3.31. The number of halogens is 1. The molecule has 134 valence electrons. The van der Waals surface area contributed by atoms with Crippen molar-refractivity contribution in [3.05, 3.63) is 94.4 Å². The largest absolute Gasteiger partial charge is 0.350 e. The van der Waals surface area contributed by atoms with Gasteiger partial charge in [0, 0.05) is 17.3 Å². The van der Waals surface area contributed by atoms with Gasteiger partial charge in [0.05, 0.1) is 11.0 Å². The van der Waals surface area contributed by atoms with E-state index < -0.39 is 0 Å². The third-order valence-corrected chi connectivity index (χ3v) is 4.56. The van der Waals surface area contributed by atoms with Crippen LogP contribution in [0.1, 0.15) is 5.56 Å². The Labute approximate surface area is 154 Å². The highest BCUT2D eigenvalue weighted by molar-refractivity contribution is 5.94. The Hall–Kier alpha value is -3.47. The molecule has 4 aromatic rings. The number of fused-ring (bicyclic) bond motifs is 2. The summed E-state index contributed by atoms with van der Waals surface area (Å²) in [6, 6.07) is 20.7. The summed E-state index contributed by atoms with van der Waals surface area (Å²) in [5.74, 6) is -0.544. The number of aromatic nitrogens is 1. The van der Waals surface area contributed by atoms with Crippen LogP contribution in [-0.4, -0.2) is 10.5 Å². The lowest BCUT2D eigenvalue weighted by Crippen LogP contribution is -2.28. The van der Waals surface area contributed by atoms with Crippen molar-refractivity contribution in [1.29, 1.82) is 0 Å². The number of pyridine rings is 1. The number of hydrogen-bond acceptors (Lipinski definition) is 2. The topological polar surface area (TPSA) is 51.1 Å². The lowest BCUT2D eigenvalue weighted by Gasteiger charge is -2.15. The van der Waals surface area contributed by atoms with Gasteiger partial charge >= 0.3 is 0 Å². The molecule has 0 saturated carbocycles. The highest BCUT2D eigenvalue weighted by atomic mass is 19.1. The monoisotopic (exact) mass is 360 g/mol. The van der Waals surface area contributed by atoms with E-state index >= 15 is 0 Å². The molecule has 1 N–H and O–H groups in total. The predicted octanol–water partition coefficient (Wildman–Crippen LogP) is 3.61. The lowest BCUT2D eigenvalue weighted by atomic mass is 10.1. The van der Waals surface area contributed by atoms with Crippen molar-refractivity contribution in [3.63, 3.8) is 0 Å². The molecule has 0 saturated heterocycles. The minimum absolute atomic E-state index is 0.0439. The molecular weight excluding hydrogens is 343 g/mol. The summed E-state index contributed by atoms with van der Waals surface area (Å²) in [6.45, 7) is 0.309. The van der Waals surface area contributed by atoms with Crippen molar-refractivity contribution in [1.82, 2.24) is 9.88 Å². The first-order valence-electron chi connectivity index (χ1n) is 8.65. The van der Waals surface area contributed by atoms with Crippen LogP contribution in [0.25, 0.3) is 21.8 Å². The Morgan fingerprint density at radius 3 is 2.15 bits per heavy atom. The summed E-state index contributed by atoms with van der Waals surface area (Å²) in [7, 11) is 0. The van der Waals surface area contributed by atoms with Gasteiger partial charge in [0.25, 0.3) is 0 Å². The van der Waals surface area contributed by atoms with Crippen molar-refractivity contribution >= 4 is 27.7 Å². The lowest BCUT2D eigenvalue weighted by molar-refractivity contribution is -0.121. The van der Waals surface area contributed by atoms with Gasteiger partial charge in [-0.15, -0.1) is 0 Å². The van der Waals surface area contributed by atoms with Crippen LogP contribution in [0.4, 0.5) is 4.39 Å². The third-order valence-electron chi connectivity index (χ3n) is 4.56. The van der Waals surface area contributed by atoms with Gasteiger partial charge in [0.15, 0.2) is 5.43 Å². The minimum atomic E-state index is -0.334. The number of nitrogens with zero attached hydrogens (tertiary/aromatic N) is 1. The van der Waals surface area contributed by atoms with E-state index in [1.54, 1.807) is 24.3 Å². The van der Waals surface area contributed by atoms with E-state index in [1.807, 2.05) is 41.0 Å². The molecule has 1 aromatic heterocycles. The van der Waals surface area contributed by atoms with Gasteiger partial charge in [-0.25, -0.2) is 4.39 Å². The van der Waals surface area contributed by atoms with Gasteiger partial charge in [-0.05, 0) is 42.0 Å². The van der Waals surface area contributed by atoms with Crippen LogP contribution < -0.4 is 10.7 Å². The zero-order chi connectivity index (χ0) is 18.8. The van der Waals surface area contributed by atoms with E-state index in [2.05, 4.69) is 5.32 Å². The van der Waals surface area contributed by atoms with Crippen LogP contribution >= 0.6 is 0 Å². The van der Waals surface area contributed by atoms with Gasteiger partial charge in [-0.1, -0.05) is 36.4 Å². The number of nitrogens with one attached hydrogen (secondary N) is 1. The second-order valence-electron chi connectivity index (χ2n) is 6.36. The van der Waals surface area contributed by atoms with Gasteiger partial charge in [-0.2, -0.15) is 0 Å². The molecule has 0 aliphatic heterocycles. The number of rotatable bonds is 4. The average Bonchev–Trinajstić information content (AvgIpc) is 2.70. The summed E-state index contributed by atoms with van der Waals surface area (Å²) in [6.07, 6.45) is 0. The minimum Gasteiger partial charge on any atom is -0.350 e. The number of benzene rings is 3. The molecule has 0 atom stereocenters. The molecule has 0 fully saturated rings. The molecule has 5 heteroatoms. The summed E-state index contributed by atoms with van der Waals surface area (Å²) in [5.41, 5.74) is 2.07. The molecule has 0 spiro atoms. The van der Waals surface area contributed by atoms with Gasteiger partial charge in [0.1, 0.15) is 12.4 Å². The maximum atomic E-state index is 13.3. The number of carbonyl (C=O) groups excluding carboxylic acids is 1. The summed E-state index contributed by atoms with van der Waals surface area (Å²) >= 11 is 0. The van der Waals surface area contributed by atoms with Crippen molar-refractivity contribution < 1.29 is 9.18 Å². The first-order valence-corrected chi connectivity index (χ1v) is 8.65. The van der Waals surface area contributed by atoms with E-state index in [0.717, 1.165) is 0 Å². The zero-order valence-corrected chi connectivity index (χ0v) is 14.5. The number of para-hydroxylation sites is 2. The maximum Gasteiger partial charge on any atom is 0.240 e. The van der Waals surface area contributed by atoms with Crippen molar-refractivity contribution in [2.45, 2.75) is 13.1 Å². The normalized spacial score (nSPS) is 11.0. The SMILES string of the molecule is O=C(Cn1c2ccccc2c(=O)c2ccccc21)NCc1cccc(F)c1. The van der Waals surface area contributed by atoms with E-state index in [1.165, 1.54) is 12.1 Å². The van der Waals surface area contributed by atoms with Crippen LogP contribution in [-0.2, 0) is 17.9 Å². The molecular formula is C22H17FN2O2. The molecule has 3 aromatic carbocycles. The van der Waals surface area contributed by atoms with E-state index in [4.69, 9.17) is 0 Å². The fourth-order valence-corrected chi connectivity index (χ4v) is 3.29. The Morgan fingerprint density at radius 2 is 1.52 bits per heavy atom. The number of hydrogen-bond donors (Lipinski definition) is 1. The molecule has 0 radical (unpaired) electrons. The summed E-state index contributed by atoms with van der Waals surface area (Å²) in [4.78, 5) is 25.3. The van der Waals surface area contributed by atoms with Gasteiger partial charge in [-0.3, -0.25) is 9.59 Å². The Bertz CT molecular complexity index is 1150.